The van der Waals surface area contributed by atoms with Crippen LogP contribution in [0.1, 0.15) is 36.8 Å². The van der Waals surface area contributed by atoms with Crippen LogP contribution in [0.15, 0.2) is 24.3 Å². The van der Waals surface area contributed by atoms with Crippen LogP contribution < -0.4 is 5.32 Å². The molecule has 26 heavy (non-hydrogen) atoms. The Balaban J connectivity index is 1.63. The molecule has 1 aromatic carbocycles. The third-order valence-corrected chi connectivity index (χ3v) is 4.66. The lowest BCUT2D eigenvalue weighted by Gasteiger charge is -2.35. The predicted octanol–water partition coefficient (Wildman–Crippen LogP) is 2.52. The zero-order valence-corrected chi connectivity index (χ0v) is 15.8. The number of amides is 1. The average molecular weight is 356 g/mol. The fourth-order valence-corrected chi connectivity index (χ4v) is 3.23. The molecule has 0 aliphatic carbocycles. The van der Waals surface area contributed by atoms with Gasteiger partial charge in [0, 0.05) is 38.4 Å². The topological polar surface area (TPSA) is 77.1 Å². The highest BCUT2D eigenvalue weighted by molar-refractivity contribution is 5.97. The highest BCUT2D eigenvalue weighted by Gasteiger charge is 2.26. The molecule has 1 aromatic heterocycles. The number of nitrogens with one attached hydrogen (secondary N) is 2. The normalized spacial score (nSPS) is 15.5. The van der Waals surface area contributed by atoms with Gasteiger partial charge >= 0.3 is 0 Å². The zero-order chi connectivity index (χ0) is 18.5. The lowest BCUT2D eigenvalue weighted by Crippen LogP contribution is -2.49. The largest absolute Gasteiger partial charge is 0.337 e. The van der Waals surface area contributed by atoms with Crippen molar-refractivity contribution in [2.45, 2.75) is 27.2 Å². The van der Waals surface area contributed by atoms with E-state index < -0.39 is 0 Å². The second-order valence-electron chi connectivity index (χ2n) is 7.18. The first kappa shape index (κ1) is 18.4. The smallest absolute Gasteiger partial charge is 0.278 e. The summed E-state index contributed by atoms with van der Waals surface area (Å²) in [5, 5.41) is 14.0. The Morgan fingerprint density at radius 1 is 1.15 bits per heavy atom. The van der Waals surface area contributed by atoms with Crippen LogP contribution in [-0.2, 0) is 6.42 Å². The average Bonchev–Trinajstić information content (AvgIpc) is 3.10. The number of hydrogen-bond acceptors (Lipinski definition) is 5. The Kier molecular flexibility index (Phi) is 5.88. The lowest BCUT2D eigenvalue weighted by molar-refractivity contribution is 0.0619. The van der Waals surface area contributed by atoms with Crippen LogP contribution in [0.5, 0.6) is 0 Å². The number of carbonyl (C=O) groups is 1. The summed E-state index contributed by atoms with van der Waals surface area (Å²) in [6.45, 7) is 10.9. The number of piperazine rings is 1. The summed E-state index contributed by atoms with van der Waals surface area (Å²) in [6.07, 6.45) is 0.997. The third kappa shape index (κ3) is 4.40. The van der Waals surface area contributed by atoms with Gasteiger partial charge in [0.1, 0.15) is 0 Å². The van der Waals surface area contributed by atoms with E-state index in [4.69, 9.17) is 0 Å². The summed E-state index contributed by atoms with van der Waals surface area (Å²) in [6, 6.07) is 8.12. The Bertz CT molecular complexity index is 716. The number of aryl methyl sites for hydroxylation is 1. The molecule has 2 heterocycles. The quantitative estimate of drug-likeness (QED) is 0.832. The van der Waals surface area contributed by atoms with Crippen molar-refractivity contribution in [2.75, 3.05) is 38.0 Å². The number of benzene rings is 1. The minimum absolute atomic E-state index is 0.0735. The second-order valence-corrected chi connectivity index (χ2v) is 7.18. The minimum Gasteiger partial charge on any atom is -0.337 e. The van der Waals surface area contributed by atoms with E-state index in [0.717, 1.165) is 44.8 Å². The molecule has 2 N–H and O–H groups in total. The van der Waals surface area contributed by atoms with Gasteiger partial charge in [-0.1, -0.05) is 32.9 Å². The molecule has 1 aliphatic rings. The maximum absolute atomic E-state index is 12.8. The van der Waals surface area contributed by atoms with Crippen molar-refractivity contribution in [3.63, 3.8) is 0 Å². The molecule has 1 saturated heterocycles. The van der Waals surface area contributed by atoms with E-state index in [1.54, 1.807) is 0 Å². The van der Waals surface area contributed by atoms with Gasteiger partial charge in [-0.05, 0) is 30.0 Å². The molecule has 0 radical (unpaired) electrons. The molecule has 0 spiro atoms. The zero-order valence-electron chi connectivity index (χ0n) is 15.8. The fourth-order valence-electron chi connectivity index (χ4n) is 3.23. The molecule has 7 nitrogen and oxygen atoms in total. The van der Waals surface area contributed by atoms with Crippen LogP contribution in [0.3, 0.4) is 0 Å². The van der Waals surface area contributed by atoms with Crippen molar-refractivity contribution < 1.29 is 4.79 Å². The van der Waals surface area contributed by atoms with Crippen LogP contribution in [0.2, 0.25) is 0 Å². The Labute approximate surface area is 154 Å². The Hall–Kier alpha value is -2.41. The summed E-state index contributed by atoms with van der Waals surface area (Å²) >= 11 is 0. The summed E-state index contributed by atoms with van der Waals surface area (Å²) in [7, 11) is 0. The molecule has 0 unspecified atom stereocenters. The summed E-state index contributed by atoms with van der Waals surface area (Å²) in [5.41, 5.74) is 2.51. The second kappa shape index (κ2) is 8.31. The van der Waals surface area contributed by atoms with E-state index in [2.05, 4.69) is 58.5 Å². The van der Waals surface area contributed by atoms with Crippen LogP contribution >= 0.6 is 0 Å². The molecule has 7 heteroatoms. The molecule has 0 atom stereocenters. The maximum Gasteiger partial charge on any atom is 0.278 e. The molecular weight excluding hydrogens is 328 g/mol. The van der Waals surface area contributed by atoms with Crippen molar-refractivity contribution in [1.29, 1.82) is 0 Å². The highest BCUT2D eigenvalue weighted by atomic mass is 16.2. The van der Waals surface area contributed by atoms with E-state index in [1.165, 1.54) is 5.56 Å². The third-order valence-electron chi connectivity index (χ3n) is 4.66. The molecule has 3 rings (SSSR count). The summed E-state index contributed by atoms with van der Waals surface area (Å²) < 4.78 is 0. The van der Waals surface area contributed by atoms with Crippen LogP contribution in [0.25, 0.3) is 0 Å². The van der Waals surface area contributed by atoms with Gasteiger partial charge in [0.2, 0.25) is 0 Å². The predicted molar refractivity (Wildman–Crippen MR) is 103 cm³/mol. The van der Waals surface area contributed by atoms with Crippen molar-refractivity contribution >= 4 is 17.4 Å². The van der Waals surface area contributed by atoms with Gasteiger partial charge in [-0.25, -0.2) is 0 Å². The van der Waals surface area contributed by atoms with Crippen molar-refractivity contribution in [3.05, 3.63) is 35.5 Å². The van der Waals surface area contributed by atoms with Crippen molar-refractivity contribution in [3.8, 4) is 0 Å². The molecular formula is C19H28N6O. The number of anilines is 2. The number of carbonyl (C=O) groups excluding carboxylic acids is 1. The molecule has 140 valence electrons. The summed E-state index contributed by atoms with van der Waals surface area (Å²) in [4.78, 5) is 17.1. The lowest BCUT2D eigenvalue weighted by atomic mass is 10.1. The number of rotatable bonds is 6. The van der Waals surface area contributed by atoms with Crippen LogP contribution in [0, 0.1) is 5.92 Å². The van der Waals surface area contributed by atoms with Gasteiger partial charge in [-0.15, -0.1) is 10.2 Å². The van der Waals surface area contributed by atoms with Gasteiger partial charge in [0.25, 0.3) is 5.91 Å². The molecule has 2 aromatic rings. The first-order chi connectivity index (χ1) is 12.6. The molecule has 0 bridgehead atoms. The monoisotopic (exact) mass is 356 g/mol. The van der Waals surface area contributed by atoms with Crippen LogP contribution in [0.4, 0.5) is 11.5 Å². The van der Waals surface area contributed by atoms with Crippen molar-refractivity contribution in [2.24, 2.45) is 5.92 Å². The van der Waals surface area contributed by atoms with Crippen LogP contribution in [-0.4, -0.2) is 63.8 Å². The SMILES string of the molecule is CCc1ccc(Nc2n[nH]nc2C(=O)N2CCN(CC(C)C)CC2)cc1. The van der Waals surface area contributed by atoms with Gasteiger partial charge in [-0.2, -0.15) is 5.21 Å². The van der Waals surface area contributed by atoms with Crippen molar-refractivity contribution in [1.82, 2.24) is 25.2 Å². The van der Waals surface area contributed by atoms with Gasteiger partial charge < -0.3 is 10.2 Å². The van der Waals surface area contributed by atoms with E-state index >= 15 is 0 Å². The standard InChI is InChI=1S/C19H28N6O/c1-4-15-5-7-16(8-6-15)20-18-17(21-23-22-18)19(26)25-11-9-24(10-12-25)13-14(2)3/h5-8,14H,4,9-13H2,1-3H3,(H2,20,21,22,23). The maximum atomic E-state index is 12.8. The number of aromatic nitrogens is 3. The summed E-state index contributed by atoms with van der Waals surface area (Å²) in [5.74, 6) is 1.04. The highest BCUT2D eigenvalue weighted by Crippen LogP contribution is 2.19. The first-order valence-electron chi connectivity index (χ1n) is 9.35. The number of H-pyrrole nitrogens is 1. The number of hydrogen-bond donors (Lipinski definition) is 2. The van der Waals surface area contributed by atoms with E-state index in [1.807, 2.05) is 17.0 Å². The molecule has 1 fully saturated rings. The van der Waals surface area contributed by atoms with E-state index in [-0.39, 0.29) is 5.91 Å². The molecule has 1 amide bonds. The Morgan fingerprint density at radius 3 is 2.46 bits per heavy atom. The van der Waals surface area contributed by atoms with Gasteiger partial charge in [0.05, 0.1) is 0 Å². The molecule has 1 aliphatic heterocycles. The molecule has 0 saturated carbocycles. The number of nitrogens with zero attached hydrogens (tertiary/aromatic N) is 4. The van der Waals surface area contributed by atoms with Gasteiger partial charge in [0.15, 0.2) is 11.5 Å². The van der Waals surface area contributed by atoms with Gasteiger partial charge in [-0.3, -0.25) is 9.69 Å². The Morgan fingerprint density at radius 2 is 1.85 bits per heavy atom. The van der Waals surface area contributed by atoms with E-state index in [9.17, 15) is 4.79 Å². The fraction of sp³-hybridized carbons (Fsp3) is 0.526. The number of aromatic amines is 1. The first-order valence-corrected chi connectivity index (χ1v) is 9.35. The van der Waals surface area contributed by atoms with E-state index in [0.29, 0.717) is 17.4 Å². The minimum atomic E-state index is -0.0735.